The van der Waals surface area contributed by atoms with Gasteiger partial charge in [0.1, 0.15) is 5.76 Å². The van der Waals surface area contributed by atoms with Gasteiger partial charge in [0.25, 0.3) is 0 Å². The summed E-state index contributed by atoms with van der Waals surface area (Å²) in [6.45, 7) is 7.65. The van der Waals surface area contributed by atoms with Gasteiger partial charge in [-0.25, -0.2) is 0 Å². The first-order valence-electron chi connectivity index (χ1n) is 6.56. The summed E-state index contributed by atoms with van der Waals surface area (Å²) in [7, 11) is 0. The first-order chi connectivity index (χ1) is 9.65. The lowest BCUT2D eigenvalue weighted by atomic mass is 9.97. The van der Waals surface area contributed by atoms with Gasteiger partial charge in [-0.15, -0.1) is 0 Å². The van der Waals surface area contributed by atoms with E-state index in [1.807, 2.05) is 37.3 Å². The number of nitrogens with two attached hydrogens (primary N) is 1. The van der Waals surface area contributed by atoms with Crippen LogP contribution in [0.3, 0.4) is 0 Å². The summed E-state index contributed by atoms with van der Waals surface area (Å²) in [5.74, 6) is 0.802. The van der Waals surface area contributed by atoms with E-state index in [0.717, 1.165) is 22.6 Å². The first kappa shape index (κ1) is 13.9. The van der Waals surface area contributed by atoms with Crippen molar-refractivity contribution in [1.82, 2.24) is 0 Å². The molecule has 2 heteroatoms. The molecule has 0 aliphatic rings. The Morgan fingerprint density at radius 3 is 2.45 bits per heavy atom. The van der Waals surface area contributed by atoms with E-state index in [9.17, 15) is 0 Å². The van der Waals surface area contributed by atoms with Gasteiger partial charge in [-0.05, 0) is 54.8 Å². The number of ether oxygens (including phenoxy) is 1. The highest BCUT2D eigenvalue weighted by atomic mass is 16.5. The van der Waals surface area contributed by atoms with E-state index in [0.29, 0.717) is 0 Å². The molecule has 20 heavy (non-hydrogen) atoms. The van der Waals surface area contributed by atoms with Crippen molar-refractivity contribution in [2.75, 3.05) is 5.73 Å². The fourth-order valence-electron chi connectivity index (χ4n) is 2.14. The lowest BCUT2D eigenvalue weighted by molar-refractivity contribution is 0.438. The molecule has 0 atom stereocenters. The standard InChI is InChI=1S/C18H19NO/c1-4-18(20-5-2)15-7-6-13(3)17(12-15)14-8-10-16(19)11-9-14/h4-12H,2,19H2,1,3H3/b18-4-. The molecule has 2 aromatic rings. The first-order valence-corrected chi connectivity index (χ1v) is 6.56. The van der Waals surface area contributed by atoms with Gasteiger partial charge in [-0.3, -0.25) is 0 Å². The van der Waals surface area contributed by atoms with Crippen LogP contribution >= 0.6 is 0 Å². The summed E-state index contributed by atoms with van der Waals surface area (Å²) < 4.78 is 5.43. The van der Waals surface area contributed by atoms with Gasteiger partial charge in [0.15, 0.2) is 0 Å². The van der Waals surface area contributed by atoms with Crippen molar-refractivity contribution in [2.24, 2.45) is 0 Å². The van der Waals surface area contributed by atoms with Crippen LogP contribution in [0.4, 0.5) is 5.69 Å². The minimum atomic E-state index is 0.770. The molecule has 0 amide bonds. The molecule has 0 saturated carbocycles. The number of allylic oxidation sites excluding steroid dienone is 1. The van der Waals surface area contributed by atoms with Crippen LogP contribution < -0.4 is 5.73 Å². The third-order valence-corrected chi connectivity index (χ3v) is 3.22. The van der Waals surface area contributed by atoms with Crippen LogP contribution in [-0.4, -0.2) is 0 Å². The highest BCUT2D eigenvalue weighted by Gasteiger charge is 2.07. The molecular formula is C18H19NO. The van der Waals surface area contributed by atoms with Gasteiger partial charge in [-0.1, -0.05) is 30.8 Å². The molecular weight excluding hydrogens is 246 g/mol. The Labute approximate surface area is 120 Å². The molecule has 0 unspecified atom stereocenters. The summed E-state index contributed by atoms with van der Waals surface area (Å²) in [6.07, 6.45) is 3.37. The zero-order valence-corrected chi connectivity index (χ0v) is 11.9. The number of benzene rings is 2. The van der Waals surface area contributed by atoms with E-state index in [1.165, 1.54) is 17.4 Å². The molecule has 0 bridgehead atoms. The van der Waals surface area contributed by atoms with E-state index >= 15 is 0 Å². The number of anilines is 1. The van der Waals surface area contributed by atoms with Crippen LogP contribution in [0.15, 0.2) is 61.4 Å². The molecule has 0 fully saturated rings. The average Bonchev–Trinajstić information content (AvgIpc) is 2.46. The van der Waals surface area contributed by atoms with Crippen molar-refractivity contribution >= 4 is 11.4 Å². The van der Waals surface area contributed by atoms with Gasteiger partial charge in [0.05, 0.1) is 6.26 Å². The Bertz CT molecular complexity index is 639. The van der Waals surface area contributed by atoms with Crippen LogP contribution in [0.1, 0.15) is 18.1 Å². The molecule has 2 N–H and O–H groups in total. The molecule has 0 aliphatic carbocycles. The minimum Gasteiger partial charge on any atom is -0.465 e. The van der Waals surface area contributed by atoms with Crippen molar-refractivity contribution in [1.29, 1.82) is 0 Å². The van der Waals surface area contributed by atoms with Crippen LogP contribution in [0.2, 0.25) is 0 Å². The third kappa shape index (κ3) is 2.91. The van der Waals surface area contributed by atoms with E-state index in [-0.39, 0.29) is 0 Å². The second-order valence-electron chi connectivity index (χ2n) is 4.59. The predicted octanol–water partition coefficient (Wildman–Crippen LogP) is 4.77. The normalized spacial score (nSPS) is 11.2. The molecule has 0 radical (unpaired) electrons. The van der Waals surface area contributed by atoms with Gasteiger partial charge >= 0.3 is 0 Å². The Morgan fingerprint density at radius 1 is 1.15 bits per heavy atom. The van der Waals surface area contributed by atoms with E-state index in [2.05, 4.69) is 31.7 Å². The van der Waals surface area contributed by atoms with Crippen molar-refractivity contribution in [3.8, 4) is 11.1 Å². The lowest BCUT2D eigenvalue weighted by Gasteiger charge is -2.11. The van der Waals surface area contributed by atoms with Crippen LogP contribution in [0.5, 0.6) is 0 Å². The maximum atomic E-state index is 5.74. The second-order valence-corrected chi connectivity index (χ2v) is 4.59. The molecule has 0 spiro atoms. The number of aryl methyl sites for hydroxylation is 1. The lowest BCUT2D eigenvalue weighted by Crippen LogP contribution is -1.91. The Morgan fingerprint density at radius 2 is 1.85 bits per heavy atom. The predicted molar refractivity (Wildman–Crippen MR) is 86.0 cm³/mol. The van der Waals surface area contributed by atoms with Crippen molar-refractivity contribution in [3.05, 3.63) is 72.5 Å². The minimum absolute atomic E-state index is 0.770. The highest BCUT2D eigenvalue weighted by Crippen LogP contribution is 2.28. The molecule has 0 aromatic heterocycles. The smallest absolute Gasteiger partial charge is 0.129 e. The van der Waals surface area contributed by atoms with E-state index in [1.54, 1.807) is 0 Å². The van der Waals surface area contributed by atoms with E-state index in [4.69, 9.17) is 10.5 Å². The van der Waals surface area contributed by atoms with Crippen LogP contribution in [0, 0.1) is 6.92 Å². The Balaban J connectivity index is 2.48. The van der Waals surface area contributed by atoms with Crippen LogP contribution in [0.25, 0.3) is 16.9 Å². The number of nitrogen functional groups attached to an aromatic ring is 1. The van der Waals surface area contributed by atoms with Gasteiger partial charge in [0.2, 0.25) is 0 Å². The third-order valence-electron chi connectivity index (χ3n) is 3.22. The molecule has 102 valence electrons. The molecule has 0 heterocycles. The summed E-state index contributed by atoms with van der Waals surface area (Å²) in [5.41, 5.74) is 11.1. The van der Waals surface area contributed by atoms with Gasteiger partial charge in [0, 0.05) is 11.3 Å². The van der Waals surface area contributed by atoms with Crippen molar-refractivity contribution < 1.29 is 4.74 Å². The number of rotatable bonds is 4. The zero-order valence-electron chi connectivity index (χ0n) is 11.9. The maximum Gasteiger partial charge on any atom is 0.129 e. The van der Waals surface area contributed by atoms with Crippen LogP contribution in [-0.2, 0) is 4.74 Å². The summed E-state index contributed by atoms with van der Waals surface area (Å²) in [6, 6.07) is 14.2. The molecule has 0 aliphatic heterocycles. The average molecular weight is 265 g/mol. The monoisotopic (exact) mass is 265 g/mol. The molecule has 2 rings (SSSR count). The summed E-state index contributed by atoms with van der Waals surface area (Å²) in [4.78, 5) is 0. The summed E-state index contributed by atoms with van der Waals surface area (Å²) >= 11 is 0. The largest absolute Gasteiger partial charge is 0.465 e. The second kappa shape index (κ2) is 6.11. The molecule has 2 aromatic carbocycles. The zero-order chi connectivity index (χ0) is 14.5. The highest BCUT2D eigenvalue weighted by molar-refractivity contribution is 5.73. The van der Waals surface area contributed by atoms with Crippen molar-refractivity contribution in [2.45, 2.75) is 13.8 Å². The SMILES string of the molecule is C=CO/C(=C\C)c1ccc(C)c(-c2ccc(N)cc2)c1. The quantitative estimate of drug-likeness (QED) is 0.638. The fourth-order valence-corrected chi connectivity index (χ4v) is 2.14. The molecule has 0 saturated heterocycles. The summed E-state index contributed by atoms with van der Waals surface area (Å²) in [5, 5.41) is 0. The van der Waals surface area contributed by atoms with Crippen molar-refractivity contribution in [3.63, 3.8) is 0 Å². The van der Waals surface area contributed by atoms with Gasteiger partial charge < -0.3 is 10.5 Å². The molecule has 2 nitrogen and oxygen atoms in total. The Hall–Kier alpha value is -2.48. The number of hydrogen-bond acceptors (Lipinski definition) is 2. The van der Waals surface area contributed by atoms with Gasteiger partial charge in [-0.2, -0.15) is 0 Å². The Kier molecular flexibility index (Phi) is 4.26. The van der Waals surface area contributed by atoms with E-state index < -0.39 is 0 Å². The fraction of sp³-hybridized carbons (Fsp3) is 0.111. The maximum absolute atomic E-state index is 5.74. The number of hydrogen-bond donors (Lipinski definition) is 1. The topological polar surface area (TPSA) is 35.2 Å².